The Kier molecular flexibility index (Phi) is 2.76. The molecule has 2 nitrogen and oxygen atoms in total. The Labute approximate surface area is 118 Å². The van der Waals surface area contributed by atoms with Crippen LogP contribution in [-0.4, -0.2) is 5.78 Å². The van der Waals surface area contributed by atoms with Gasteiger partial charge in [-0.25, -0.2) is 0 Å². The fourth-order valence-corrected chi connectivity index (χ4v) is 4.41. The first kappa shape index (κ1) is 12.0. The minimum absolute atomic E-state index is 0.113. The topological polar surface area (TPSA) is 30.2 Å². The highest BCUT2D eigenvalue weighted by Gasteiger charge is 2.51. The molecule has 0 spiro atoms. The van der Waals surface area contributed by atoms with E-state index in [1.54, 1.807) is 18.4 Å². The van der Waals surface area contributed by atoms with Crippen LogP contribution in [0, 0.1) is 17.8 Å². The molecule has 2 heteroatoms. The number of fused-ring (bicyclic) bond motifs is 2. The van der Waals surface area contributed by atoms with Crippen molar-refractivity contribution in [3.63, 3.8) is 0 Å². The number of hydrogen-bond donors (Lipinski definition) is 0. The summed E-state index contributed by atoms with van der Waals surface area (Å²) in [5.41, 5.74) is 1.32. The number of hydrogen-bond acceptors (Lipinski definition) is 2. The molecule has 20 heavy (non-hydrogen) atoms. The van der Waals surface area contributed by atoms with Crippen molar-refractivity contribution >= 4 is 5.78 Å². The largest absolute Gasteiger partial charge is 0.461 e. The molecule has 0 amide bonds. The van der Waals surface area contributed by atoms with Gasteiger partial charge in [0.2, 0.25) is 5.78 Å². The molecule has 2 saturated carbocycles. The predicted octanol–water partition coefficient (Wildman–Crippen LogP) is 4.29. The first-order valence-corrected chi connectivity index (χ1v) is 7.47. The molecule has 2 aliphatic carbocycles. The van der Waals surface area contributed by atoms with Crippen LogP contribution < -0.4 is 0 Å². The van der Waals surface area contributed by atoms with Gasteiger partial charge in [0.15, 0.2) is 5.76 Å². The fourth-order valence-electron chi connectivity index (χ4n) is 4.41. The van der Waals surface area contributed by atoms with E-state index in [9.17, 15) is 4.79 Å². The Morgan fingerprint density at radius 3 is 2.55 bits per heavy atom. The van der Waals surface area contributed by atoms with E-state index in [0.717, 1.165) is 0 Å². The number of carbonyl (C=O) groups is 1. The molecular weight excluding hydrogens is 248 g/mol. The summed E-state index contributed by atoms with van der Waals surface area (Å²) in [6.07, 6.45) is 5.27. The lowest BCUT2D eigenvalue weighted by atomic mass is 9.73. The van der Waals surface area contributed by atoms with Gasteiger partial charge in [-0.1, -0.05) is 30.3 Å². The second kappa shape index (κ2) is 4.62. The Bertz CT molecular complexity index is 600. The SMILES string of the molecule is O=C(c1ccco1)[C@H]1[C@H]2CC[C@H](C2)[C@H]1c1ccccc1. The second-order valence-corrected chi connectivity index (χ2v) is 6.14. The summed E-state index contributed by atoms with van der Waals surface area (Å²) in [6.45, 7) is 0. The summed E-state index contributed by atoms with van der Waals surface area (Å²) >= 11 is 0. The first-order valence-electron chi connectivity index (χ1n) is 7.47. The number of furan rings is 1. The molecule has 2 aliphatic rings. The Morgan fingerprint density at radius 1 is 1.00 bits per heavy atom. The average molecular weight is 266 g/mol. The molecule has 2 bridgehead atoms. The van der Waals surface area contributed by atoms with E-state index in [1.807, 2.05) is 6.07 Å². The lowest BCUT2D eigenvalue weighted by molar-refractivity contribution is 0.0823. The Morgan fingerprint density at radius 2 is 1.80 bits per heavy atom. The van der Waals surface area contributed by atoms with E-state index in [-0.39, 0.29) is 11.7 Å². The highest BCUT2D eigenvalue weighted by Crippen LogP contribution is 2.57. The van der Waals surface area contributed by atoms with Crippen molar-refractivity contribution in [1.29, 1.82) is 0 Å². The van der Waals surface area contributed by atoms with Crippen molar-refractivity contribution in [3.05, 3.63) is 60.1 Å². The van der Waals surface area contributed by atoms with E-state index in [4.69, 9.17) is 4.42 Å². The lowest BCUT2D eigenvalue weighted by Crippen LogP contribution is -2.28. The molecule has 2 aromatic rings. The summed E-state index contributed by atoms with van der Waals surface area (Å²) in [4.78, 5) is 12.8. The molecule has 0 aliphatic heterocycles. The molecule has 4 atom stereocenters. The van der Waals surface area contributed by atoms with Crippen molar-refractivity contribution in [3.8, 4) is 0 Å². The van der Waals surface area contributed by atoms with Gasteiger partial charge in [-0.2, -0.15) is 0 Å². The van der Waals surface area contributed by atoms with Gasteiger partial charge in [-0.3, -0.25) is 4.79 Å². The highest BCUT2D eigenvalue weighted by molar-refractivity contribution is 5.96. The number of benzene rings is 1. The van der Waals surface area contributed by atoms with Crippen LogP contribution in [0.2, 0.25) is 0 Å². The number of rotatable bonds is 3. The zero-order valence-corrected chi connectivity index (χ0v) is 11.4. The van der Waals surface area contributed by atoms with Crippen LogP contribution in [-0.2, 0) is 0 Å². The lowest BCUT2D eigenvalue weighted by Gasteiger charge is -2.29. The van der Waals surface area contributed by atoms with E-state index >= 15 is 0 Å². The van der Waals surface area contributed by atoms with Crippen LogP contribution in [0.3, 0.4) is 0 Å². The van der Waals surface area contributed by atoms with Crippen LogP contribution in [0.1, 0.15) is 41.3 Å². The zero-order valence-electron chi connectivity index (χ0n) is 11.4. The van der Waals surface area contributed by atoms with Gasteiger partial charge in [0.1, 0.15) is 0 Å². The monoisotopic (exact) mass is 266 g/mol. The minimum Gasteiger partial charge on any atom is -0.461 e. The Balaban J connectivity index is 1.71. The maximum Gasteiger partial charge on any atom is 0.201 e. The van der Waals surface area contributed by atoms with Gasteiger partial charge in [0.05, 0.1) is 6.26 Å². The molecule has 0 radical (unpaired) electrons. The van der Waals surface area contributed by atoms with Crippen LogP contribution in [0.5, 0.6) is 0 Å². The normalized spacial score (nSPS) is 31.6. The van der Waals surface area contributed by atoms with Crippen LogP contribution in [0.15, 0.2) is 53.1 Å². The van der Waals surface area contributed by atoms with Crippen molar-refractivity contribution in [2.24, 2.45) is 17.8 Å². The third kappa shape index (κ3) is 1.75. The fraction of sp³-hybridized carbons (Fsp3) is 0.389. The Hall–Kier alpha value is -1.83. The van der Waals surface area contributed by atoms with E-state index < -0.39 is 0 Å². The molecule has 1 aromatic heterocycles. The highest BCUT2D eigenvalue weighted by atomic mass is 16.3. The molecular formula is C18H18O2. The molecule has 1 aromatic carbocycles. The van der Waals surface area contributed by atoms with Crippen LogP contribution in [0.25, 0.3) is 0 Å². The molecule has 102 valence electrons. The summed E-state index contributed by atoms with van der Waals surface area (Å²) in [6, 6.07) is 14.2. The number of ketones is 1. The maximum atomic E-state index is 12.8. The molecule has 2 fully saturated rings. The standard InChI is InChI=1S/C18H18O2/c19-18(15-7-4-10-20-15)17-14-9-8-13(11-14)16(17)12-5-2-1-3-6-12/h1-7,10,13-14,16-17H,8-9,11H2/t13-,14+,16-,17+/m1/s1. The number of Topliss-reactive ketones (excluding diaryl/α,β-unsaturated/α-hetero) is 1. The molecule has 0 N–H and O–H groups in total. The van der Waals surface area contributed by atoms with Gasteiger partial charge in [-0.05, 0) is 54.7 Å². The van der Waals surface area contributed by atoms with Crippen LogP contribution in [0.4, 0.5) is 0 Å². The smallest absolute Gasteiger partial charge is 0.201 e. The van der Waals surface area contributed by atoms with Gasteiger partial charge < -0.3 is 4.42 Å². The van der Waals surface area contributed by atoms with Gasteiger partial charge in [0.25, 0.3) is 0 Å². The van der Waals surface area contributed by atoms with Crippen LogP contribution >= 0.6 is 0 Å². The average Bonchev–Trinajstić information content (AvgIpc) is 3.22. The summed E-state index contributed by atoms with van der Waals surface area (Å²) in [5.74, 6) is 2.45. The van der Waals surface area contributed by atoms with Gasteiger partial charge in [0, 0.05) is 5.92 Å². The predicted molar refractivity (Wildman–Crippen MR) is 76.5 cm³/mol. The third-order valence-electron chi connectivity index (χ3n) is 5.17. The summed E-state index contributed by atoms with van der Waals surface area (Å²) < 4.78 is 5.35. The van der Waals surface area contributed by atoms with Gasteiger partial charge in [-0.15, -0.1) is 0 Å². The number of carbonyl (C=O) groups excluding carboxylic acids is 1. The van der Waals surface area contributed by atoms with Crippen molar-refractivity contribution in [2.75, 3.05) is 0 Å². The molecule has 0 saturated heterocycles. The third-order valence-corrected chi connectivity index (χ3v) is 5.17. The molecule has 4 rings (SSSR count). The second-order valence-electron chi connectivity index (χ2n) is 6.14. The molecule has 0 unspecified atom stereocenters. The summed E-state index contributed by atoms with van der Waals surface area (Å²) in [7, 11) is 0. The first-order chi connectivity index (χ1) is 9.84. The van der Waals surface area contributed by atoms with Gasteiger partial charge >= 0.3 is 0 Å². The van der Waals surface area contributed by atoms with Crippen molar-refractivity contribution in [1.82, 2.24) is 0 Å². The van der Waals surface area contributed by atoms with E-state index in [0.29, 0.717) is 23.5 Å². The zero-order chi connectivity index (χ0) is 13.5. The quantitative estimate of drug-likeness (QED) is 0.776. The minimum atomic E-state index is 0.113. The maximum absolute atomic E-state index is 12.8. The van der Waals surface area contributed by atoms with Crippen molar-refractivity contribution in [2.45, 2.75) is 25.2 Å². The summed E-state index contributed by atoms with van der Waals surface area (Å²) in [5, 5.41) is 0. The van der Waals surface area contributed by atoms with Crippen molar-refractivity contribution < 1.29 is 9.21 Å². The van der Waals surface area contributed by atoms with E-state index in [1.165, 1.54) is 24.8 Å². The van der Waals surface area contributed by atoms with E-state index in [2.05, 4.69) is 24.3 Å². The molecule has 1 heterocycles.